The minimum Gasteiger partial charge on any atom is -0.508 e. The summed E-state index contributed by atoms with van der Waals surface area (Å²) in [5.41, 5.74) is 2.19. The first-order valence-electron chi connectivity index (χ1n) is 8.14. The Morgan fingerprint density at radius 2 is 1.19 bits per heavy atom. The van der Waals surface area contributed by atoms with Crippen LogP contribution in [0.15, 0.2) is 84.9 Å². The van der Waals surface area contributed by atoms with E-state index in [0.29, 0.717) is 5.69 Å². The van der Waals surface area contributed by atoms with Crippen molar-refractivity contribution in [3.63, 3.8) is 0 Å². The predicted molar refractivity (Wildman–Crippen MR) is 99.6 cm³/mol. The largest absolute Gasteiger partial charge is 0.508 e. The van der Waals surface area contributed by atoms with Gasteiger partial charge in [-0.15, -0.1) is 0 Å². The molecule has 0 fully saturated rings. The molecule has 3 rings (SSSR count). The zero-order chi connectivity index (χ0) is 18.4. The summed E-state index contributed by atoms with van der Waals surface area (Å²) < 4.78 is 0. The van der Waals surface area contributed by atoms with Crippen LogP contribution in [0.5, 0.6) is 5.75 Å². The Balaban J connectivity index is 1.77. The summed E-state index contributed by atoms with van der Waals surface area (Å²) in [7, 11) is 0. The molecule has 0 aromatic heterocycles. The van der Waals surface area contributed by atoms with E-state index in [0.717, 1.165) is 11.1 Å². The third kappa shape index (κ3) is 4.27. The molecule has 0 aliphatic heterocycles. The van der Waals surface area contributed by atoms with E-state index in [2.05, 4.69) is 10.6 Å². The van der Waals surface area contributed by atoms with Crippen LogP contribution in [0.1, 0.15) is 17.2 Å². The van der Waals surface area contributed by atoms with Crippen LogP contribution in [-0.4, -0.2) is 16.9 Å². The topological polar surface area (TPSA) is 78.4 Å². The van der Waals surface area contributed by atoms with Crippen LogP contribution in [0.4, 0.5) is 5.69 Å². The van der Waals surface area contributed by atoms with Crippen molar-refractivity contribution in [2.75, 3.05) is 5.32 Å². The van der Waals surface area contributed by atoms with Crippen LogP contribution in [0.2, 0.25) is 0 Å². The van der Waals surface area contributed by atoms with Crippen LogP contribution >= 0.6 is 0 Å². The number of nitrogens with one attached hydrogen (secondary N) is 2. The lowest BCUT2D eigenvalue weighted by molar-refractivity contribution is -0.136. The SMILES string of the molecule is O=C(Nc1ccc(O)cc1)C(=O)NC(c1ccccc1)c1ccccc1. The standard InChI is InChI=1S/C21H18N2O3/c24-18-13-11-17(12-14-18)22-20(25)21(26)23-19(15-7-3-1-4-8-15)16-9-5-2-6-10-16/h1-14,19,24H,(H,22,25)(H,23,26). The number of amides is 2. The van der Waals surface area contributed by atoms with Gasteiger partial charge in [-0.2, -0.15) is 0 Å². The zero-order valence-corrected chi connectivity index (χ0v) is 13.9. The van der Waals surface area contributed by atoms with Gasteiger partial charge in [0, 0.05) is 5.69 Å². The third-order valence-corrected chi connectivity index (χ3v) is 3.87. The second kappa shape index (κ2) is 7.98. The molecule has 26 heavy (non-hydrogen) atoms. The number of rotatable bonds is 4. The van der Waals surface area contributed by atoms with E-state index in [1.807, 2.05) is 60.7 Å². The molecule has 0 heterocycles. The molecule has 0 saturated heterocycles. The van der Waals surface area contributed by atoms with Gasteiger partial charge in [-0.1, -0.05) is 60.7 Å². The van der Waals surface area contributed by atoms with Crippen LogP contribution in [0.3, 0.4) is 0 Å². The average Bonchev–Trinajstić information content (AvgIpc) is 2.69. The van der Waals surface area contributed by atoms with Gasteiger partial charge in [0.15, 0.2) is 0 Å². The molecule has 0 unspecified atom stereocenters. The molecule has 0 saturated carbocycles. The summed E-state index contributed by atoms with van der Waals surface area (Å²) in [5, 5.41) is 14.6. The second-order valence-electron chi connectivity index (χ2n) is 5.73. The summed E-state index contributed by atoms with van der Waals surface area (Å²) >= 11 is 0. The number of carbonyl (C=O) groups is 2. The van der Waals surface area contributed by atoms with E-state index in [4.69, 9.17) is 0 Å². The van der Waals surface area contributed by atoms with Gasteiger partial charge < -0.3 is 15.7 Å². The number of benzene rings is 3. The number of phenolic OH excluding ortho intramolecular Hbond substituents is 1. The van der Waals surface area contributed by atoms with Crippen LogP contribution < -0.4 is 10.6 Å². The number of hydrogen-bond acceptors (Lipinski definition) is 3. The smallest absolute Gasteiger partial charge is 0.313 e. The van der Waals surface area contributed by atoms with Gasteiger partial charge >= 0.3 is 11.8 Å². The van der Waals surface area contributed by atoms with Gasteiger partial charge in [0.2, 0.25) is 0 Å². The molecule has 0 bridgehead atoms. The van der Waals surface area contributed by atoms with Crippen molar-refractivity contribution in [1.82, 2.24) is 5.32 Å². The molecule has 0 aliphatic rings. The van der Waals surface area contributed by atoms with Crippen molar-refractivity contribution in [3.8, 4) is 5.75 Å². The second-order valence-corrected chi connectivity index (χ2v) is 5.73. The van der Waals surface area contributed by atoms with Crippen LogP contribution in [0, 0.1) is 0 Å². The molecule has 5 heteroatoms. The third-order valence-electron chi connectivity index (χ3n) is 3.87. The maximum Gasteiger partial charge on any atom is 0.313 e. The Labute approximate surface area is 151 Å². The van der Waals surface area contributed by atoms with Crippen LogP contribution in [0.25, 0.3) is 0 Å². The number of anilines is 1. The number of phenols is 1. The molecule has 0 spiro atoms. The predicted octanol–water partition coefficient (Wildman–Crippen LogP) is 3.24. The Bertz CT molecular complexity index is 839. The fourth-order valence-corrected chi connectivity index (χ4v) is 2.58. The maximum absolute atomic E-state index is 12.4. The van der Waals surface area contributed by atoms with E-state index in [-0.39, 0.29) is 5.75 Å². The minimum absolute atomic E-state index is 0.0840. The monoisotopic (exact) mass is 346 g/mol. The Morgan fingerprint density at radius 3 is 1.69 bits per heavy atom. The van der Waals surface area contributed by atoms with E-state index in [1.54, 1.807) is 0 Å². The van der Waals surface area contributed by atoms with Gasteiger partial charge in [-0.05, 0) is 35.4 Å². The minimum atomic E-state index is -0.771. The quantitative estimate of drug-likeness (QED) is 0.501. The number of carbonyl (C=O) groups excluding carboxylic acids is 2. The van der Waals surface area contributed by atoms with E-state index in [1.165, 1.54) is 24.3 Å². The molecule has 3 aromatic carbocycles. The molecular formula is C21H18N2O3. The Hall–Kier alpha value is -3.60. The van der Waals surface area contributed by atoms with Gasteiger partial charge in [-0.25, -0.2) is 0 Å². The highest BCUT2D eigenvalue weighted by atomic mass is 16.3. The lowest BCUT2D eigenvalue weighted by Gasteiger charge is -2.19. The lowest BCUT2D eigenvalue weighted by Crippen LogP contribution is -2.38. The summed E-state index contributed by atoms with van der Waals surface area (Å²) in [4.78, 5) is 24.6. The van der Waals surface area contributed by atoms with E-state index < -0.39 is 17.9 Å². The van der Waals surface area contributed by atoms with Crippen molar-refractivity contribution in [2.45, 2.75) is 6.04 Å². The molecule has 0 radical (unpaired) electrons. The van der Waals surface area contributed by atoms with Crippen molar-refractivity contribution in [3.05, 3.63) is 96.1 Å². The van der Waals surface area contributed by atoms with E-state index in [9.17, 15) is 14.7 Å². The fraction of sp³-hybridized carbons (Fsp3) is 0.0476. The summed E-state index contributed by atoms with van der Waals surface area (Å²) in [6, 6.07) is 24.4. The Kier molecular flexibility index (Phi) is 5.29. The molecule has 3 aromatic rings. The van der Waals surface area contributed by atoms with Gasteiger partial charge in [0.25, 0.3) is 0 Å². The molecule has 0 atom stereocenters. The number of hydrogen-bond donors (Lipinski definition) is 3. The highest BCUT2D eigenvalue weighted by molar-refractivity contribution is 6.39. The summed E-state index contributed by atoms with van der Waals surface area (Å²) in [5.74, 6) is -1.43. The van der Waals surface area contributed by atoms with Crippen molar-refractivity contribution in [2.24, 2.45) is 0 Å². The molecule has 0 aliphatic carbocycles. The van der Waals surface area contributed by atoms with Gasteiger partial charge in [0.05, 0.1) is 6.04 Å². The molecular weight excluding hydrogens is 328 g/mol. The molecule has 5 nitrogen and oxygen atoms in total. The first-order chi connectivity index (χ1) is 12.6. The summed E-state index contributed by atoms with van der Waals surface area (Å²) in [6.45, 7) is 0. The molecule has 2 amide bonds. The van der Waals surface area contributed by atoms with Crippen molar-refractivity contribution in [1.29, 1.82) is 0 Å². The molecule has 130 valence electrons. The maximum atomic E-state index is 12.4. The van der Waals surface area contributed by atoms with Gasteiger partial charge in [-0.3, -0.25) is 9.59 Å². The van der Waals surface area contributed by atoms with Gasteiger partial charge in [0.1, 0.15) is 5.75 Å². The average molecular weight is 346 g/mol. The first-order valence-corrected chi connectivity index (χ1v) is 8.14. The van der Waals surface area contributed by atoms with Crippen molar-refractivity contribution >= 4 is 17.5 Å². The van der Waals surface area contributed by atoms with E-state index >= 15 is 0 Å². The highest BCUT2D eigenvalue weighted by Crippen LogP contribution is 2.21. The number of aromatic hydroxyl groups is 1. The highest BCUT2D eigenvalue weighted by Gasteiger charge is 2.21. The van der Waals surface area contributed by atoms with Crippen LogP contribution in [-0.2, 0) is 9.59 Å². The Morgan fingerprint density at radius 1 is 0.692 bits per heavy atom. The van der Waals surface area contributed by atoms with Crippen molar-refractivity contribution < 1.29 is 14.7 Å². The fourth-order valence-electron chi connectivity index (χ4n) is 2.58. The molecule has 3 N–H and O–H groups in total. The lowest BCUT2D eigenvalue weighted by atomic mass is 9.99. The summed E-state index contributed by atoms with van der Waals surface area (Å²) in [6.07, 6.45) is 0. The normalized spacial score (nSPS) is 10.3. The zero-order valence-electron chi connectivity index (χ0n) is 13.9. The first kappa shape index (κ1) is 17.2.